The Kier molecular flexibility index (Phi) is 6.04. The molecule has 2 heterocycles. The number of amides is 2. The van der Waals surface area contributed by atoms with E-state index in [9.17, 15) is 19.7 Å². The van der Waals surface area contributed by atoms with Crippen molar-refractivity contribution < 1.29 is 19.2 Å². The van der Waals surface area contributed by atoms with E-state index in [1.165, 1.54) is 11.0 Å². The standard InChI is InChI=1S/C25H21N3O5S/c29-24-23(15-17-8-9-21(22(14-17)28(31)32)26-10-12-33-13-11-26)34-25(30)27(24)16-19-6-3-5-18-4-1-2-7-20(18)19/h1-9,14-15H,10-13,16H2/b23-15+. The van der Waals surface area contributed by atoms with Crippen LogP contribution in [-0.4, -0.2) is 47.3 Å². The molecule has 2 aliphatic rings. The molecule has 8 nitrogen and oxygen atoms in total. The second kappa shape index (κ2) is 9.28. The van der Waals surface area contributed by atoms with Crippen molar-refractivity contribution in [2.45, 2.75) is 6.54 Å². The second-order valence-electron chi connectivity index (χ2n) is 8.01. The van der Waals surface area contributed by atoms with Crippen LogP contribution in [0.15, 0.2) is 65.6 Å². The van der Waals surface area contributed by atoms with Crippen LogP contribution < -0.4 is 4.90 Å². The highest BCUT2D eigenvalue weighted by Crippen LogP contribution is 2.36. The highest BCUT2D eigenvalue weighted by Gasteiger charge is 2.35. The van der Waals surface area contributed by atoms with Crippen LogP contribution >= 0.6 is 11.8 Å². The zero-order valence-corrected chi connectivity index (χ0v) is 19.0. The number of fused-ring (bicyclic) bond motifs is 1. The number of rotatable bonds is 5. The Balaban J connectivity index is 1.41. The summed E-state index contributed by atoms with van der Waals surface area (Å²) in [6.45, 7) is 2.35. The van der Waals surface area contributed by atoms with Gasteiger partial charge in [0, 0.05) is 19.2 Å². The lowest BCUT2D eigenvalue weighted by Crippen LogP contribution is -2.36. The maximum atomic E-state index is 13.1. The number of benzene rings is 3. The molecule has 2 saturated heterocycles. The quantitative estimate of drug-likeness (QED) is 0.297. The molecular weight excluding hydrogens is 454 g/mol. The fourth-order valence-electron chi connectivity index (χ4n) is 4.24. The lowest BCUT2D eigenvalue weighted by molar-refractivity contribution is -0.384. The van der Waals surface area contributed by atoms with E-state index in [-0.39, 0.29) is 22.4 Å². The molecule has 0 aromatic heterocycles. The van der Waals surface area contributed by atoms with Crippen molar-refractivity contribution in [1.29, 1.82) is 0 Å². The van der Waals surface area contributed by atoms with Crippen LogP contribution in [0.3, 0.4) is 0 Å². The van der Waals surface area contributed by atoms with Gasteiger partial charge in [0.05, 0.1) is 29.6 Å². The van der Waals surface area contributed by atoms with Gasteiger partial charge in [-0.2, -0.15) is 0 Å². The molecule has 5 rings (SSSR count). The zero-order chi connectivity index (χ0) is 23.7. The maximum Gasteiger partial charge on any atom is 0.293 e. The molecule has 0 spiro atoms. The molecule has 0 aliphatic carbocycles. The number of nitro groups is 1. The number of hydrogen-bond donors (Lipinski definition) is 0. The number of hydrogen-bond acceptors (Lipinski definition) is 7. The number of ether oxygens (including phenoxy) is 1. The summed E-state index contributed by atoms with van der Waals surface area (Å²) in [6, 6.07) is 18.5. The molecule has 2 fully saturated rings. The van der Waals surface area contributed by atoms with E-state index in [0.717, 1.165) is 28.1 Å². The molecular formula is C25H21N3O5S. The number of carbonyl (C=O) groups is 2. The summed E-state index contributed by atoms with van der Waals surface area (Å²) in [5.41, 5.74) is 1.87. The number of thioether (sulfide) groups is 1. The predicted octanol–water partition coefficient (Wildman–Crippen LogP) is 4.82. The summed E-state index contributed by atoms with van der Waals surface area (Å²) in [7, 11) is 0. The van der Waals surface area contributed by atoms with Crippen molar-refractivity contribution in [3.63, 3.8) is 0 Å². The monoisotopic (exact) mass is 475 g/mol. The SMILES string of the molecule is O=C1S/C(=C/c2ccc(N3CCOCC3)c([N+](=O)[O-])c2)C(=O)N1Cc1cccc2ccccc12. The molecule has 9 heteroatoms. The third-order valence-corrected chi connectivity index (χ3v) is 6.84. The first-order valence-corrected chi connectivity index (χ1v) is 11.7. The Bertz CT molecular complexity index is 1330. The number of nitro benzene ring substituents is 1. The average molecular weight is 476 g/mol. The molecule has 2 amide bonds. The highest BCUT2D eigenvalue weighted by molar-refractivity contribution is 8.18. The van der Waals surface area contributed by atoms with Gasteiger partial charge in [-0.05, 0) is 45.8 Å². The van der Waals surface area contributed by atoms with Crippen LogP contribution in [-0.2, 0) is 16.1 Å². The van der Waals surface area contributed by atoms with Gasteiger partial charge in [0.2, 0.25) is 0 Å². The Morgan fingerprint density at radius 1 is 1.03 bits per heavy atom. The van der Waals surface area contributed by atoms with E-state index in [1.807, 2.05) is 47.4 Å². The van der Waals surface area contributed by atoms with Gasteiger partial charge in [0.15, 0.2) is 0 Å². The highest BCUT2D eigenvalue weighted by atomic mass is 32.2. The maximum absolute atomic E-state index is 13.1. The van der Waals surface area contributed by atoms with E-state index in [1.54, 1.807) is 18.2 Å². The van der Waals surface area contributed by atoms with E-state index >= 15 is 0 Å². The van der Waals surface area contributed by atoms with Gasteiger partial charge in [0.1, 0.15) is 5.69 Å². The molecule has 2 aliphatic heterocycles. The van der Waals surface area contributed by atoms with Gasteiger partial charge in [0.25, 0.3) is 16.8 Å². The summed E-state index contributed by atoms with van der Waals surface area (Å²) < 4.78 is 5.33. The van der Waals surface area contributed by atoms with Crippen molar-refractivity contribution in [3.8, 4) is 0 Å². The van der Waals surface area contributed by atoms with Gasteiger partial charge in [-0.25, -0.2) is 0 Å². The smallest absolute Gasteiger partial charge is 0.293 e. The Labute approximate surface area is 199 Å². The van der Waals surface area contributed by atoms with Gasteiger partial charge in [-0.1, -0.05) is 48.5 Å². The van der Waals surface area contributed by atoms with E-state index in [2.05, 4.69) is 0 Å². The number of morpholine rings is 1. The van der Waals surface area contributed by atoms with E-state index in [0.29, 0.717) is 37.6 Å². The van der Waals surface area contributed by atoms with Gasteiger partial charge >= 0.3 is 0 Å². The van der Waals surface area contributed by atoms with Gasteiger partial charge < -0.3 is 9.64 Å². The summed E-state index contributed by atoms with van der Waals surface area (Å²) in [5, 5.41) is 13.4. The van der Waals surface area contributed by atoms with Crippen molar-refractivity contribution in [1.82, 2.24) is 4.90 Å². The summed E-state index contributed by atoms with van der Waals surface area (Å²) >= 11 is 0.850. The predicted molar refractivity (Wildman–Crippen MR) is 132 cm³/mol. The summed E-state index contributed by atoms with van der Waals surface area (Å²) in [6.07, 6.45) is 1.55. The Morgan fingerprint density at radius 3 is 2.59 bits per heavy atom. The molecule has 3 aromatic rings. The lowest BCUT2D eigenvalue weighted by Gasteiger charge is -2.28. The van der Waals surface area contributed by atoms with Crippen molar-refractivity contribution in [2.24, 2.45) is 0 Å². The molecule has 0 saturated carbocycles. The van der Waals surface area contributed by atoms with Crippen molar-refractivity contribution in [3.05, 3.63) is 86.8 Å². The number of imide groups is 1. The van der Waals surface area contributed by atoms with E-state index in [4.69, 9.17) is 4.74 Å². The summed E-state index contributed by atoms with van der Waals surface area (Å²) in [5.74, 6) is -0.400. The van der Waals surface area contributed by atoms with Gasteiger partial charge in [-0.3, -0.25) is 24.6 Å². The topological polar surface area (TPSA) is 93.0 Å². The first kappa shape index (κ1) is 22.1. The third kappa shape index (κ3) is 4.27. The largest absolute Gasteiger partial charge is 0.378 e. The van der Waals surface area contributed by atoms with Crippen LogP contribution in [0.1, 0.15) is 11.1 Å². The van der Waals surface area contributed by atoms with Crippen molar-refractivity contribution >= 4 is 51.1 Å². The van der Waals surface area contributed by atoms with Crippen molar-refractivity contribution in [2.75, 3.05) is 31.2 Å². The Hall–Kier alpha value is -3.69. The van der Waals surface area contributed by atoms with Crippen LogP contribution in [0.25, 0.3) is 16.8 Å². The van der Waals surface area contributed by atoms with Crippen LogP contribution in [0, 0.1) is 10.1 Å². The van der Waals surface area contributed by atoms with Crippen LogP contribution in [0.4, 0.5) is 16.2 Å². The molecule has 34 heavy (non-hydrogen) atoms. The van der Waals surface area contributed by atoms with E-state index < -0.39 is 10.8 Å². The molecule has 0 radical (unpaired) electrons. The molecule has 172 valence electrons. The number of carbonyl (C=O) groups excluding carboxylic acids is 2. The number of anilines is 1. The van der Waals surface area contributed by atoms with Crippen LogP contribution in [0.2, 0.25) is 0 Å². The molecule has 0 unspecified atom stereocenters. The second-order valence-corrected chi connectivity index (χ2v) is 9.00. The fraction of sp³-hybridized carbons (Fsp3) is 0.200. The molecule has 3 aromatic carbocycles. The molecule has 0 N–H and O–H groups in total. The Morgan fingerprint density at radius 2 is 1.79 bits per heavy atom. The summed E-state index contributed by atoms with van der Waals surface area (Å²) in [4.78, 5) is 40.4. The first-order chi connectivity index (χ1) is 16.5. The van der Waals surface area contributed by atoms with Crippen LogP contribution in [0.5, 0.6) is 0 Å². The lowest BCUT2D eigenvalue weighted by atomic mass is 10.0. The zero-order valence-electron chi connectivity index (χ0n) is 18.2. The average Bonchev–Trinajstić information content (AvgIpc) is 3.12. The third-order valence-electron chi connectivity index (χ3n) is 5.93. The fourth-order valence-corrected chi connectivity index (χ4v) is 5.07. The number of nitrogens with zero attached hydrogens (tertiary/aromatic N) is 3. The minimum Gasteiger partial charge on any atom is -0.378 e. The first-order valence-electron chi connectivity index (χ1n) is 10.8. The molecule has 0 atom stereocenters. The molecule has 0 bridgehead atoms. The minimum atomic E-state index is -0.422. The van der Waals surface area contributed by atoms with Gasteiger partial charge in [-0.15, -0.1) is 0 Å². The normalized spacial score (nSPS) is 17.7. The minimum absolute atomic E-state index is 0.0365.